The minimum atomic E-state index is -0.858. The van der Waals surface area contributed by atoms with Gasteiger partial charge in [-0.05, 0) is 31.0 Å². The Morgan fingerprint density at radius 1 is 1.45 bits per heavy atom. The predicted molar refractivity (Wildman–Crippen MR) is 77.3 cm³/mol. The van der Waals surface area contributed by atoms with Gasteiger partial charge in [-0.2, -0.15) is 5.26 Å². The van der Waals surface area contributed by atoms with E-state index in [9.17, 15) is 20.3 Å². The topological polar surface area (TPSA) is 100 Å². The van der Waals surface area contributed by atoms with Gasteiger partial charge in [-0.25, -0.2) is 9.36 Å². The maximum absolute atomic E-state index is 12.4. The van der Waals surface area contributed by atoms with E-state index in [1.807, 2.05) is 6.07 Å². The molecule has 2 N–H and O–H groups in total. The molecule has 0 radical (unpaired) electrons. The average Bonchev–Trinajstić information content (AvgIpc) is 2.98. The molecule has 0 unspecified atom stereocenters. The highest BCUT2D eigenvalue weighted by Crippen LogP contribution is 2.34. The van der Waals surface area contributed by atoms with Crippen molar-refractivity contribution in [3.05, 3.63) is 39.4 Å². The van der Waals surface area contributed by atoms with Gasteiger partial charge in [0.25, 0.3) is 0 Å². The normalized spacial score (nSPS) is 16.4. The number of rotatable bonds is 2. The van der Waals surface area contributed by atoms with Gasteiger partial charge in [-0.15, -0.1) is 0 Å². The van der Waals surface area contributed by atoms with E-state index >= 15 is 0 Å². The lowest BCUT2D eigenvalue weighted by Gasteiger charge is -2.11. The van der Waals surface area contributed by atoms with Gasteiger partial charge >= 0.3 is 5.69 Å². The van der Waals surface area contributed by atoms with Crippen LogP contribution in [-0.2, 0) is 6.54 Å². The molecule has 22 heavy (non-hydrogen) atoms. The van der Waals surface area contributed by atoms with Crippen LogP contribution in [0.15, 0.2) is 16.9 Å². The van der Waals surface area contributed by atoms with Gasteiger partial charge < -0.3 is 14.9 Å². The first kappa shape index (κ1) is 14.2. The van der Waals surface area contributed by atoms with Crippen molar-refractivity contribution in [1.29, 1.82) is 5.26 Å². The highest BCUT2D eigenvalue weighted by atomic mass is 16.5. The molecule has 1 aliphatic rings. The molecule has 114 valence electrons. The smallest absolute Gasteiger partial charge is 0.336 e. The van der Waals surface area contributed by atoms with E-state index in [-0.39, 0.29) is 17.1 Å². The van der Waals surface area contributed by atoms with Gasteiger partial charge in [0.05, 0.1) is 18.4 Å². The van der Waals surface area contributed by atoms with Crippen LogP contribution in [0.5, 0.6) is 11.6 Å². The molecule has 1 atom stereocenters. The van der Waals surface area contributed by atoms with Crippen LogP contribution in [0, 0.1) is 18.3 Å². The van der Waals surface area contributed by atoms with E-state index in [4.69, 9.17) is 4.74 Å². The first-order valence-corrected chi connectivity index (χ1v) is 6.81. The summed E-state index contributed by atoms with van der Waals surface area (Å²) in [6, 6.07) is 5.15. The number of fused-ring (bicyclic) bond motifs is 1. The quantitative estimate of drug-likeness (QED) is 0.861. The summed E-state index contributed by atoms with van der Waals surface area (Å²) in [5, 5.41) is 29.4. The average molecular weight is 301 g/mol. The molecule has 1 aliphatic heterocycles. The molecule has 0 bridgehead atoms. The first-order chi connectivity index (χ1) is 10.5. The van der Waals surface area contributed by atoms with E-state index < -0.39 is 11.8 Å². The second-order valence-electron chi connectivity index (χ2n) is 5.24. The number of methoxy groups -OCH3 is 1. The molecule has 0 saturated carbocycles. The van der Waals surface area contributed by atoms with Gasteiger partial charge in [0, 0.05) is 6.54 Å². The standard InChI is InChI=1S/C15H15N3O4/c1-8-5-10(6-9(7-16)13(8)22-2)18-14(20)12-11(19)3-4-17(12)15(18)21/h5-6,11,19-20H,3-4H2,1-2H3/t11-/m1/s1. The van der Waals surface area contributed by atoms with Crippen LogP contribution in [-0.4, -0.2) is 26.5 Å². The van der Waals surface area contributed by atoms with Crippen molar-refractivity contribution in [2.24, 2.45) is 0 Å². The van der Waals surface area contributed by atoms with E-state index in [1.54, 1.807) is 13.0 Å². The lowest BCUT2D eigenvalue weighted by molar-refractivity contribution is 0.175. The maximum Gasteiger partial charge on any atom is 0.336 e. The molecule has 0 spiro atoms. The van der Waals surface area contributed by atoms with E-state index in [0.29, 0.717) is 30.0 Å². The van der Waals surface area contributed by atoms with Crippen molar-refractivity contribution in [3.8, 4) is 23.4 Å². The molecule has 0 saturated heterocycles. The van der Waals surface area contributed by atoms with Crippen molar-refractivity contribution in [1.82, 2.24) is 9.13 Å². The van der Waals surface area contributed by atoms with Crippen molar-refractivity contribution >= 4 is 0 Å². The number of nitriles is 1. The Morgan fingerprint density at radius 2 is 2.18 bits per heavy atom. The summed E-state index contributed by atoms with van der Waals surface area (Å²) in [6.45, 7) is 2.11. The summed E-state index contributed by atoms with van der Waals surface area (Å²) in [5.74, 6) is 0.147. The third-order valence-corrected chi connectivity index (χ3v) is 3.94. The second kappa shape index (κ2) is 4.93. The number of hydrogen-bond acceptors (Lipinski definition) is 5. The molecular formula is C15H15N3O4. The Balaban J connectivity index is 2.27. The van der Waals surface area contributed by atoms with Crippen molar-refractivity contribution in [2.75, 3.05) is 7.11 Å². The molecule has 7 heteroatoms. The summed E-state index contributed by atoms with van der Waals surface area (Å²) >= 11 is 0. The number of aliphatic hydroxyl groups excluding tert-OH is 1. The second-order valence-corrected chi connectivity index (χ2v) is 5.24. The Labute approximate surface area is 126 Å². The largest absolute Gasteiger partial charge is 0.495 e. The molecule has 7 nitrogen and oxygen atoms in total. The number of hydrogen-bond donors (Lipinski definition) is 2. The zero-order chi connectivity index (χ0) is 16.0. The van der Waals surface area contributed by atoms with Crippen LogP contribution in [0.25, 0.3) is 5.69 Å². The Morgan fingerprint density at radius 3 is 2.77 bits per heavy atom. The maximum atomic E-state index is 12.4. The number of imidazole rings is 1. The first-order valence-electron chi connectivity index (χ1n) is 6.81. The third-order valence-electron chi connectivity index (χ3n) is 3.94. The van der Waals surface area contributed by atoms with Crippen molar-refractivity contribution in [3.63, 3.8) is 0 Å². The fraction of sp³-hybridized carbons (Fsp3) is 0.333. The lowest BCUT2D eigenvalue weighted by Crippen LogP contribution is -2.22. The zero-order valence-electron chi connectivity index (χ0n) is 12.2. The van der Waals surface area contributed by atoms with Gasteiger partial charge in [0.1, 0.15) is 23.6 Å². The fourth-order valence-corrected chi connectivity index (χ4v) is 2.95. The van der Waals surface area contributed by atoms with Crippen molar-refractivity contribution in [2.45, 2.75) is 26.0 Å². The van der Waals surface area contributed by atoms with Crippen LogP contribution >= 0.6 is 0 Å². The number of nitrogens with zero attached hydrogens (tertiary/aromatic N) is 3. The van der Waals surface area contributed by atoms with Gasteiger partial charge in [-0.1, -0.05) is 0 Å². The Kier molecular flexibility index (Phi) is 3.19. The predicted octanol–water partition coefficient (Wildman–Crippen LogP) is 0.970. The molecule has 0 fully saturated rings. The third kappa shape index (κ3) is 1.81. The van der Waals surface area contributed by atoms with E-state index in [0.717, 1.165) is 4.57 Å². The molecule has 1 aromatic carbocycles. The number of ether oxygens (including phenoxy) is 1. The zero-order valence-corrected chi connectivity index (χ0v) is 12.2. The number of aryl methyl sites for hydroxylation is 1. The van der Waals surface area contributed by atoms with Crippen LogP contribution < -0.4 is 10.4 Å². The monoisotopic (exact) mass is 301 g/mol. The molecular weight excluding hydrogens is 286 g/mol. The minimum Gasteiger partial charge on any atom is -0.495 e. The van der Waals surface area contributed by atoms with Crippen LogP contribution in [0.2, 0.25) is 0 Å². The lowest BCUT2D eigenvalue weighted by atomic mass is 10.1. The van der Waals surface area contributed by atoms with Crippen LogP contribution in [0.3, 0.4) is 0 Å². The summed E-state index contributed by atoms with van der Waals surface area (Å²) in [6.07, 6.45) is -0.451. The van der Waals surface area contributed by atoms with Crippen LogP contribution in [0.4, 0.5) is 0 Å². The van der Waals surface area contributed by atoms with Gasteiger partial charge in [0.2, 0.25) is 5.88 Å². The number of aliphatic hydroxyl groups is 1. The molecule has 2 heterocycles. The van der Waals surface area contributed by atoms with E-state index in [1.165, 1.54) is 17.7 Å². The van der Waals surface area contributed by atoms with Gasteiger partial charge in [-0.3, -0.25) is 4.57 Å². The number of aromatic hydroxyl groups is 1. The summed E-state index contributed by atoms with van der Waals surface area (Å²) in [4.78, 5) is 12.4. The molecule has 2 aromatic rings. The Bertz CT molecular complexity index is 857. The molecule has 3 rings (SSSR count). The molecule has 1 aromatic heterocycles. The highest BCUT2D eigenvalue weighted by Gasteiger charge is 2.31. The molecule has 0 aliphatic carbocycles. The highest BCUT2D eigenvalue weighted by molar-refractivity contribution is 5.56. The minimum absolute atomic E-state index is 0.219. The van der Waals surface area contributed by atoms with Crippen LogP contribution in [0.1, 0.15) is 29.3 Å². The molecule has 0 amide bonds. The van der Waals surface area contributed by atoms with Gasteiger partial charge in [0.15, 0.2) is 0 Å². The summed E-state index contributed by atoms with van der Waals surface area (Å²) in [7, 11) is 1.47. The van der Waals surface area contributed by atoms with Crippen molar-refractivity contribution < 1.29 is 14.9 Å². The summed E-state index contributed by atoms with van der Waals surface area (Å²) in [5.41, 5.74) is 1.10. The SMILES string of the molecule is COc1c(C)cc(-n2c(O)c3n(c2=O)CC[C@H]3O)cc1C#N. The summed E-state index contributed by atoms with van der Waals surface area (Å²) < 4.78 is 7.63. The van der Waals surface area contributed by atoms with E-state index in [2.05, 4.69) is 0 Å². The number of benzene rings is 1. The Hall–Kier alpha value is -2.72. The number of aromatic nitrogens is 2. The fourth-order valence-electron chi connectivity index (χ4n) is 2.95.